The van der Waals surface area contributed by atoms with Crippen molar-refractivity contribution in [2.45, 2.75) is 11.1 Å². The van der Waals surface area contributed by atoms with Crippen LogP contribution in [0.25, 0.3) is 6.08 Å². The molecular formula is C22H16ClF3N2O4S. The predicted molar refractivity (Wildman–Crippen MR) is 117 cm³/mol. The molecule has 0 amide bonds. The number of sulfonamides is 1. The van der Waals surface area contributed by atoms with Crippen LogP contribution in [-0.4, -0.2) is 26.4 Å². The van der Waals surface area contributed by atoms with Gasteiger partial charge in [0.2, 0.25) is 0 Å². The summed E-state index contributed by atoms with van der Waals surface area (Å²) in [5.41, 5.74) is -0.547. The van der Waals surface area contributed by atoms with Crippen LogP contribution >= 0.6 is 11.6 Å². The second-order valence-electron chi connectivity index (χ2n) is 6.61. The Hall–Kier alpha value is -3.37. The summed E-state index contributed by atoms with van der Waals surface area (Å²) < 4.78 is 70.9. The number of alkyl halides is 3. The lowest BCUT2D eigenvalue weighted by atomic mass is 10.2. The summed E-state index contributed by atoms with van der Waals surface area (Å²) in [6.45, 7) is 0. The number of ether oxygens (including phenoxy) is 1. The molecule has 0 aliphatic heterocycles. The summed E-state index contributed by atoms with van der Waals surface area (Å²) in [5, 5.41) is -0.604. The third kappa shape index (κ3) is 5.91. The van der Waals surface area contributed by atoms with Crippen LogP contribution in [0.15, 0.2) is 77.8 Å². The van der Waals surface area contributed by atoms with Gasteiger partial charge in [-0.2, -0.15) is 13.2 Å². The molecule has 3 rings (SSSR count). The van der Waals surface area contributed by atoms with E-state index in [1.807, 2.05) is 0 Å². The minimum absolute atomic E-state index is 0.141. The molecule has 0 saturated carbocycles. The van der Waals surface area contributed by atoms with Crippen LogP contribution in [0.2, 0.25) is 5.02 Å². The molecule has 0 aliphatic carbocycles. The molecule has 0 spiro atoms. The van der Waals surface area contributed by atoms with Crippen molar-refractivity contribution in [3.8, 4) is 5.75 Å². The molecule has 0 unspecified atom stereocenters. The third-order valence-electron chi connectivity index (χ3n) is 4.40. The van der Waals surface area contributed by atoms with Gasteiger partial charge in [0.15, 0.2) is 0 Å². The minimum atomic E-state index is -4.81. The number of anilines is 1. The summed E-state index contributed by atoms with van der Waals surface area (Å²) in [6, 6.07) is 13.0. The smallest absolute Gasteiger partial charge is 0.417 e. The molecule has 0 bridgehead atoms. The molecule has 0 atom stereocenters. The van der Waals surface area contributed by atoms with Crippen molar-refractivity contribution in [3.05, 3.63) is 89.2 Å². The number of carbonyl (C=O) groups excluding carboxylic acids is 1. The van der Waals surface area contributed by atoms with E-state index in [0.29, 0.717) is 11.8 Å². The van der Waals surface area contributed by atoms with Gasteiger partial charge in [-0.15, -0.1) is 0 Å². The molecule has 0 radical (unpaired) electrons. The Morgan fingerprint density at radius 3 is 2.39 bits per heavy atom. The number of hydrogen-bond acceptors (Lipinski definition) is 5. The lowest BCUT2D eigenvalue weighted by Gasteiger charge is -2.20. The molecular weight excluding hydrogens is 481 g/mol. The van der Waals surface area contributed by atoms with Gasteiger partial charge < -0.3 is 4.74 Å². The molecule has 0 saturated heterocycles. The second-order valence-corrected chi connectivity index (χ2v) is 8.99. The van der Waals surface area contributed by atoms with E-state index >= 15 is 0 Å². The maximum absolute atomic E-state index is 13.1. The molecule has 172 valence electrons. The number of rotatable bonds is 6. The van der Waals surface area contributed by atoms with Crippen LogP contribution < -0.4 is 9.04 Å². The highest BCUT2D eigenvalue weighted by molar-refractivity contribution is 7.92. The number of carbonyl (C=O) groups is 1. The van der Waals surface area contributed by atoms with Gasteiger partial charge in [0.25, 0.3) is 10.0 Å². The largest absolute Gasteiger partial charge is 0.423 e. The maximum Gasteiger partial charge on any atom is 0.417 e. The Balaban J connectivity index is 1.75. The van der Waals surface area contributed by atoms with Crippen LogP contribution in [-0.2, 0) is 21.0 Å². The van der Waals surface area contributed by atoms with Gasteiger partial charge >= 0.3 is 12.1 Å². The molecule has 3 aromatic rings. The topological polar surface area (TPSA) is 76.6 Å². The number of aromatic nitrogens is 1. The number of esters is 1. The molecule has 11 heteroatoms. The zero-order valence-electron chi connectivity index (χ0n) is 17.0. The fourth-order valence-electron chi connectivity index (χ4n) is 2.68. The Labute approximate surface area is 192 Å². The van der Waals surface area contributed by atoms with E-state index < -0.39 is 37.7 Å². The highest BCUT2D eigenvalue weighted by atomic mass is 35.5. The minimum Gasteiger partial charge on any atom is -0.423 e. The molecule has 0 N–H and O–H groups in total. The Kier molecular flexibility index (Phi) is 7.09. The first kappa shape index (κ1) is 24.3. The van der Waals surface area contributed by atoms with Crippen LogP contribution in [0.4, 0.5) is 18.9 Å². The van der Waals surface area contributed by atoms with Crippen LogP contribution in [0.1, 0.15) is 11.3 Å². The summed E-state index contributed by atoms with van der Waals surface area (Å²) >= 11 is 5.57. The van der Waals surface area contributed by atoms with E-state index in [9.17, 15) is 26.4 Å². The van der Waals surface area contributed by atoms with Gasteiger partial charge in [-0.1, -0.05) is 17.7 Å². The first-order valence-corrected chi connectivity index (χ1v) is 11.1. The molecule has 1 aromatic heterocycles. The first-order chi connectivity index (χ1) is 15.5. The van der Waals surface area contributed by atoms with Gasteiger partial charge in [0.1, 0.15) is 5.75 Å². The monoisotopic (exact) mass is 496 g/mol. The summed E-state index contributed by atoms with van der Waals surface area (Å²) in [6.07, 6.45) is -0.579. The van der Waals surface area contributed by atoms with Crippen molar-refractivity contribution in [1.29, 1.82) is 0 Å². The van der Waals surface area contributed by atoms with E-state index in [-0.39, 0.29) is 11.4 Å². The molecule has 0 aliphatic rings. The first-order valence-electron chi connectivity index (χ1n) is 9.25. The second kappa shape index (κ2) is 9.63. The zero-order chi connectivity index (χ0) is 24.2. The quantitative estimate of drug-likeness (QED) is 0.266. The highest BCUT2D eigenvalue weighted by Crippen LogP contribution is 2.36. The lowest BCUT2D eigenvalue weighted by molar-refractivity contribution is -0.137. The number of benzene rings is 2. The van der Waals surface area contributed by atoms with E-state index in [4.69, 9.17) is 16.3 Å². The summed E-state index contributed by atoms with van der Waals surface area (Å²) in [5.74, 6) is -0.527. The van der Waals surface area contributed by atoms with Gasteiger partial charge in [-0.25, -0.2) is 13.2 Å². The highest BCUT2D eigenvalue weighted by Gasteiger charge is 2.35. The maximum atomic E-state index is 13.1. The average Bonchev–Trinajstić information content (AvgIpc) is 2.78. The Morgan fingerprint density at radius 1 is 1.09 bits per heavy atom. The number of pyridine rings is 1. The van der Waals surface area contributed by atoms with Crippen molar-refractivity contribution >= 4 is 39.4 Å². The van der Waals surface area contributed by atoms with E-state index in [1.165, 1.54) is 43.5 Å². The van der Waals surface area contributed by atoms with E-state index in [2.05, 4.69) is 4.98 Å². The fraction of sp³-hybridized carbons (Fsp3) is 0.0909. The molecule has 33 heavy (non-hydrogen) atoms. The molecule has 0 fully saturated rings. The molecule has 2 aromatic carbocycles. The van der Waals surface area contributed by atoms with Crippen LogP contribution in [0, 0.1) is 0 Å². The van der Waals surface area contributed by atoms with Crippen molar-refractivity contribution in [2.75, 3.05) is 11.4 Å². The SMILES string of the molecule is CN(c1ccc(OC(=O)/C=C/c2ccccn2)cc1)S(=O)(=O)c1ccc(Cl)c(C(F)(F)F)c1. The van der Waals surface area contributed by atoms with Gasteiger partial charge in [0, 0.05) is 19.3 Å². The van der Waals surface area contributed by atoms with Crippen molar-refractivity contribution in [3.63, 3.8) is 0 Å². The fourth-order valence-corrected chi connectivity index (χ4v) is 4.13. The average molecular weight is 497 g/mol. The van der Waals surface area contributed by atoms with E-state index in [0.717, 1.165) is 16.4 Å². The van der Waals surface area contributed by atoms with Gasteiger partial charge in [-0.3, -0.25) is 9.29 Å². The Bertz CT molecular complexity index is 1280. The van der Waals surface area contributed by atoms with Crippen LogP contribution in [0.3, 0.4) is 0 Å². The third-order valence-corrected chi connectivity index (χ3v) is 6.51. The lowest BCUT2D eigenvalue weighted by Crippen LogP contribution is -2.27. The van der Waals surface area contributed by atoms with Crippen molar-refractivity contribution in [2.24, 2.45) is 0 Å². The standard InChI is InChI=1S/C22H16ClF3N2O4S/c1-28(33(30,31)18-10-11-20(23)19(14-18)22(24,25)26)16-6-8-17(9-7-16)32-21(29)12-5-15-4-2-3-13-27-15/h2-14H,1H3/b12-5+. The van der Waals surface area contributed by atoms with Crippen LogP contribution in [0.5, 0.6) is 5.75 Å². The normalized spacial score (nSPS) is 12.0. The summed E-state index contributed by atoms with van der Waals surface area (Å²) in [7, 11) is -3.13. The van der Waals surface area contributed by atoms with Gasteiger partial charge in [-0.05, 0) is 60.7 Å². The van der Waals surface area contributed by atoms with Crippen molar-refractivity contribution in [1.82, 2.24) is 4.98 Å². The van der Waals surface area contributed by atoms with Gasteiger partial charge in [0.05, 0.1) is 26.9 Å². The zero-order valence-corrected chi connectivity index (χ0v) is 18.5. The van der Waals surface area contributed by atoms with E-state index in [1.54, 1.807) is 24.4 Å². The Morgan fingerprint density at radius 2 is 1.79 bits per heavy atom. The number of hydrogen-bond donors (Lipinski definition) is 0. The number of halogens is 4. The predicted octanol–water partition coefficient (Wildman–Crippen LogP) is 5.20. The van der Waals surface area contributed by atoms with Crippen molar-refractivity contribution < 1.29 is 31.1 Å². The molecule has 6 nitrogen and oxygen atoms in total. The number of nitrogens with zero attached hydrogens (tertiary/aromatic N) is 2. The molecule has 1 heterocycles. The summed E-state index contributed by atoms with van der Waals surface area (Å²) in [4.78, 5) is 15.4.